The van der Waals surface area contributed by atoms with Crippen molar-refractivity contribution in [3.05, 3.63) is 0 Å². The van der Waals surface area contributed by atoms with Crippen molar-refractivity contribution in [2.75, 3.05) is 6.61 Å². The van der Waals surface area contributed by atoms with Crippen molar-refractivity contribution < 1.29 is 9.90 Å². The van der Waals surface area contributed by atoms with E-state index in [1.54, 1.807) is 0 Å². The first kappa shape index (κ1) is 13.4. The Labute approximate surface area is 86.9 Å². The zero-order valence-corrected chi connectivity index (χ0v) is 9.76. The number of nitrogens with one attached hydrogen (secondary N) is 1. The molecule has 0 aromatic carbocycles. The third-order valence-corrected chi connectivity index (χ3v) is 2.91. The van der Waals surface area contributed by atoms with Gasteiger partial charge in [0, 0.05) is 5.92 Å². The molecular formula is C11H23NO2. The Bertz CT molecular complexity index is 172. The predicted molar refractivity (Wildman–Crippen MR) is 58.0 cm³/mol. The predicted octanol–water partition coefficient (Wildman–Crippen LogP) is 1.70. The van der Waals surface area contributed by atoms with Gasteiger partial charge in [-0.15, -0.1) is 0 Å². The Morgan fingerprint density at radius 2 is 1.86 bits per heavy atom. The Morgan fingerprint density at radius 1 is 1.36 bits per heavy atom. The summed E-state index contributed by atoms with van der Waals surface area (Å²) in [6, 6.07) is 0. The molecule has 1 unspecified atom stereocenters. The summed E-state index contributed by atoms with van der Waals surface area (Å²) in [4.78, 5) is 11.7. The van der Waals surface area contributed by atoms with E-state index in [0.29, 0.717) is 0 Å². The molecule has 0 saturated heterocycles. The molecule has 0 fully saturated rings. The van der Waals surface area contributed by atoms with E-state index in [0.717, 1.165) is 19.3 Å². The van der Waals surface area contributed by atoms with Crippen LogP contribution in [0.1, 0.15) is 47.0 Å². The van der Waals surface area contributed by atoms with Crippen LogP contribution in [0, 0.1) is 5.92 Å². The third kappa shape index (κ3) is 3.66. The van der Waals surface area contributed by atoms with E-state index in [9.17, 15) is 4.79 Å². The fraction of sp³-hybridized carbons (Fsp3) is 0.909. The van der Waals surface area contributed by atoms with Crippen LogP contribution in [0.2, 0.25) is 0 Å². The quantitative estimate of drug-likeness (QED) is 0.687. The van der Waals surface area contributed by atoms with Crippen LogP contribution in [0.5, 0.6) is 0 Å². The van der Waals surface area contributed by atoms with Crippen molar-refractivity contribution in [3.63, 3.8) is 0 Å². The molecule has 0 heterocycles. The second-order valence-electron chi connectivity index (χ2n) is 4.07. The second kappa shape index (κ2) is 6.02. The number of carbonyl (C=O) groups excluding carboxylic acids is 1. The zero-order valence-electron chi connectivity index (χ0n) is 9.76. The van der Waals surface area contributed by atoms with Gasteiger partial charge in [0.15, 0.2) is 0 Å². The first-order valence-electron chi connectivity index (χ1n) is 5.45. The van der Waals surface area contributed by atoms with Crippen LogP contribution in [-0.2, 0) is 4.79 Å². The highest BCUT2D eigenvalue weighted by atomic mass is 16.3. The lowest BCUT2D eigenvalue weighted by molar-refractivity contribution is -0.127. The summed E-state index contributed by atoms with van der Waals surface area (Å²) < 4.78 is 0. The van der Waals surface area contributed by atoms with Gasteiger partial charge < -0.3 is 10.4 Å². The van der Waals surface area contributed by atoms with E-state index in [4.69, 9.17) is 5.11 Å². The number of amides is 1. The largest absolute Gasteiger partial charge is 0.394 e. The van der Waals surface area contributed by atoms with Crippen LogP contribution in [0.15, 0.2) is 0 Å². The number of hydrogen-bond donors (Lipinski definition) is 2. The number of aliphatic hydroxyl groups excluding tert-OH is 1. The monoisotopic (exact) mass is 201 g/mol. The molecule has 0 aromatic heterocycles. The SMILES string of the molecule is CCC(CC)C(=O)NC(C)(CC)CO. The zero-order chi connectivity index (χ0) is 11.2. The highest BCUT2D eigenvalue weighted by molar-refractivity contribution is 5.79. The maximum absolute atomic E-state index is 11.7. The van der Waals surface area contributed by atoms with E-state index in [1.807, 2.05) is 27.7 Å². The minimum absolute atomic E-state index is 0.00457. The molecule has 14 heavy (non-hydrogen) atoms. The molecule has 0 aromatic rings. The average Bonchev–Trinajstić information content (AvgIpc) is 2.19. The molecule has 0 aliphatic heterocycles. The Kier molecular flexibility index (Phi) is 5.77. The van der Waals surface area contributed by atoms with Gasteiger partial charge in [-0.25, -0.2) is 0 Å². The summed E-state index contributed by atoms with van der Waals surface area (Å²) in [5.74, 6) is 0.140. The molecule has 2 N–H and O–H groups in total. The van der Waals surface area contributed by atoms with Gasteiger partial charge >= 0.3 is 0 Å². The summed E-state index contributed by atoms with van der Waals surface area (Å²) >= 11 is 0. The van der Waals surface area contributed by atoms with Crippen LogP contribution in [-0.4, -0.2) is 23.2 Å². The minimum atomic E-state index is -0.459. The number of carbonyl (C=O) groups is 1. The van der Waals surface area contributed by atoms with Gasteiger partial charge in [-0.2, -0.15) is 0 Å². The lowest BCUT2D eigenvalue weighted by Gasteiger charge is -2.29. The highest BCUT2D eigenvalue weighted by Crippen LogP contribution is 2.13. The van der Waals surface area contributed by atoms with E-state index in [2.05, 4.69) is 5.32 Å². The first-order valence-corrected chi connectivity index (χ1v) is 5.45. The van der Waals surface area contributed by atoms with Crippen LogP contribution >= 0.6 is 0 Å². The van der Waals surface area contributed by atoms with Crippen molar-refractivity contribution in [2.24, 2.45) is 5.92 Å². The van der Waals surface area contributed by atoms with Crippen molar-refractivity contribution in [2.45, 2.75) is 52.5 Å². The third-order valence-electron chi connectivity index (χ3n) is 2.91. The Hall–Kier alpha value is -0.570. The number of aliphatic hydroxyl groups is 1. The second-order valence-corrected chi connectivity index (χ2v) is 4.07. The molecule has 0 aliphatic carbocycles. The van der Waals surface area contributed by atoms with E-state index >= 15 is 0 Å². The topological polar surface area (TPSA) is 49.3 Å². The fourth-order valence-corrected chi connectivity index (χ4v) is 1.30. The van der Waals surface area contributed by atoms with Gasteiger partial charge in [-0.3, -0.25) is 4.79 Å². The molecule has 0 bridgehead atoms. The molecule has 0 aliphatic rings. The van der Waals surface area contributed by atoms with Gasteiger partial charge in [0.25, 0.3) is 0 Å². The summed E-state index contributed by atoms with van der Waals surface area (Å²) in [5.41, 5.74) is -0.459. The maximum Gasteiger partial charge on any atom is 0.223 e. The fourth-order valence-electron chi connectivity index (χ4n) is 1.30. The average molecular weight is 201 g/mol. The summed E-state index contributed by atoms with van der Waals surface area (Å²) in [6.45, 7) is 7.85. The van der Waals surface area contributed by atoms with Crippen LogP contribution < -0.4 is 5.32 Å². The van der Waals surface area contributed by atoms with Crippen LogP contribution in [0.4, 0.5) is 0 Å². The summed E-state index contributed by atoms with van der Waals surface area (Å²) in [7, 11) is 0. The lowest BCUT2D eigenvalue weighted by atomic mass is 9.96. The van der Waals surface area contributed by atoms with Crippen molar-refractivity contribution in [1.29, 1.82) is 0 Å². The smallest absolute Gasteiger partial charge is 0.223 e. The van der Waals surface area contributed by atoms with Gasteiger partial charge in [-0.1, -0.05) is 20.8 Å². The summed E-state index contributed by atoms with van der Waals surface area (Å²) in [5, 5.41) is 12.1. The molecule has 84 valence electrons. The first-order chi connectivity index (χ1) is 6.52. The Balaban J connectivity index is 4.28. The van der Waals surface area contributed by atoms with Crippen molar-refractivity contribution in [1.82, 2.24) is 5.32 Å². The van der Waals surface area contributed by atoms with Gasteiger partial charge in [0.2, 0.25) is 5.91 Å². The lowest BCUT2D eigenvalue weighted by Crippen LogP contribution is -2.50. The molecule has 3 heteroatoms. The van der Waals surface area contributed by atoms with Gasteiger partial charge in [0.1, 0.15) is 0 Å². The molecule has 0 spiro atoms. The molecule has 0 radical (unpaired) electrons. The molecule has 3 nitrogen and oxygen atoms in total. The molecule has 1 amide bonds. The molecular weight excluding hydrogens is 178 g/mol. The number of hydrogen-bond acceptors (Lipinski definition) is 2. The highest BCUT2D eigenvalue weighted by Gasteiger charge is 2.25. The standard InChI is InChI=1S/C11H23NO2/c1-5-9(6-2)10(14)12-11(4,7-3)8-13/h9,13H,5-8H2,1-4H3,(H,12,14). The maximum atomic E-state index is 11.7. The van der Waals surface area contributed by atoms with E-state index in [-0.39, 0.29) is 18.4 Å². The molecule has 0 rings (SSSR count). The van der Waals surface area contributed by atoms with Crippen LogP contribution in [0.25, 0.3) is 0 Å². The summed E-state index contributed by atoms with van der Waals surface area (Å²) in [6.07, 6.45) is 2.45. The van der Waals surface area contributed by atoms with E-state index < -0.39 is 5.54 Å². The van der Waals surface area contributed by atoms with Crippen molar-refractivity contribution in [3.8, 4) is 0 Å². The van der Waals surface area contributed by atoms with Gasteiger partial charge in [-0.05, 0) is 26.2 Å². The molecule has 0 saturated carbocycles. The minimum Gasteiger partial charge on any atom is -0.394 e. The van der Waals surface area contributed by atoms with E-state index in [1.165, 1.54) is 0 Å². The van der Waals surface area contributed by atoms with Gasteiger partial charge in [0.05, 0.1) is 12.1 Å². The number of rotatable bonds is 6. The molecule has 1 atom stereocenters. The van der Waals surface area contributed by atoms with Crippen LogP contribution in [0.3, 0.4) is 0 Å². The Morgan fingerprint density at radius 3 is 2.14 bits per heavy atom. The van der Waals surface area contributed by atoms with Crippen molar-refractivity contribution >= 4 is 5.91 Å². The normalized spacial score (nSPS) is 15.3.